The quantitative estimate of drug-likeness (QED) is 0.858. The number of nitrogens with zero attached hydrogens (tertiary/aromatic N) is 5. The van der Waals surface area contributed by atoms with Crippen molar-refractivity contribution in [2.45, 2.75) is 45.5 Å². The maximum absolute atomic E-state index is 13.2. The first-order valence-electron chi connectivity index (χ1n) is 8.68. The van der Waals surface area contributed by atoms with Crippen molar-refractivity contribution in [2.75, 3.05) is 13.2 Å². The lowest BCUT2D eigenvalue weighted by atomic mass is 9.91. The fraction of sp³-hybridized carbons (Fsp3) is 0.588. The van der Waals surface area contributed by atoms with Gasteiger partial charge in [-0.25, -0.2) is 9.97 Å². The van der Waals surface area contributed by atoms with Gasteiger partial charge in [0.1, 0.15) is 11.9 Å². The number of rotatable bonds is 3. The van der Waals surface area contributed by atoms with Gasteiger partial charge >= 0.3 is 0 Å². The molecule has 1 amide bonds. The van der Waals surface area contributed by atoms with Crippen molar-refractivity contribution in [1.29, 1.82) is 0 Å². The molecule has 2 aliphatic rings. The fourth-order valence-corrected chi connectivity index (χ4v) is 3.74. The van der Waals surface area contributed by atoms with Gasteiger partial charge in [0.25, 0.3) is 0 Å². The van der Waals surface area contributed by atoms with Gasteiger partial charge in [-0.2, -0.15) is 0 Å². The van der Waals surface area contributed by atoms with Crippen molar-refractivity contribution in [3.8, 4) is 0 Å². The van der Waals surface area contributed by atoms with Crippen LogP contribution in [0.1, 0.15) is 37.4 Å². The summed E-state index contributed by atoms with van der Waals surface area (Å²) >= 11 is 0. The number of ether oxygens (including phenoxy) is 1. The number of amides is 1. The van der Waals surface area contributed by atoms with Crippen LogP contribution in [-0.2, 0) is 29.2 Å². The summed E-state index contributed by atoms with van der Waals surface area (Å²) in [4.78, 5) is 23.8. The van der Waals surface area contributed by atoms with Crippen LogP contribution in [0.2, 0.25) is 0 Å². The Bertz CT molecular complexity index is 722. The van der Waals surface area contributed by atoms with E-state index < -0.39 is 0 Å². The zero-order chi connectivity index (χ0) is 16.5. The van der Waals surface area contributed by atoms with Gasteiger partial charge in [-0.05, 0) is 19.8 Å². The first-order valence-corrected chi connectivity index (χ1v) is 8.68. The second-order valence-electron chi connectivity index (χ2n) is 6.45. The highest BCUT2D eigenvalue weighted by atomic mass is 16.5. The maximum atomic E-state index is 13.2. The zero-order valence-corrected chi connectivity index (χ0v) is 14.0. The first-order chi connectivity index (χ1) is 11.8. The molecule has 0 bridgehead atoms. The molecular formula is C17H23N5O2. The Kier molecular flexibility index (Phi) is 4.10. The second-order valence-corrected chi connectivity index (χ2v) is 6.45. The van der Waals surface area contributed by atoms with Gasteiger partial charge in [0.05, 0.1) is 24.5 Å². The summed E-state index contributed by atoms with van der Waals surface area (Å²) < 4.78 is 10.2. The molecule has 1 saturated heterocycles. The summed E-state index contributed by atoms with van der Waals surface area (Å²) in [6.45, 7) is 5.77. The predicted molar refractivity (Wildman–Crippen MR) is 87.0 cm³/mol. The van der Waals surface area contributed by atoms with Crippen LogP contribution >= 0.6 is 0 Å². The zero-order valence-electron chi connectivity index (χ0n) is 14.0. The number of imidazole rings is 2. The Balaban J connectivity index is 1.56. The van der Waals surface area contributed by atoms with Gasteiger partial charge < -0.3 is 18.8 Å². The minimum Gasteiger partial charge on any atom is -0.369 e. The Labute approximate surface area is 141 Å². The van der Waals surface area contributed by atoms with Crippen LogP contribution < -0.4 is 0 Å². The topological polar surface area (TPSA) is 65.2 Å². The van der Waals surface area contributed by atoms with Crippen molar-refractivity contribution in [3.63, 3.8) is 0 Å². The summed E-state index contributed by atoms with van der Waals surface area (Å²) in [6.07, 6.45) is 8.96. The van der Waals surface area contributed by atoms with Gasteiger partial charge in [0.2, 0.25) is 5.91 Å². The predicted octanol–water partition coefficient (Wildman–Crippen LogP) is 1.61. The Hall–Kier alpha value is -2.15. The molecule has 0 unspecified atom stereocenters. The third kappa shape index (κ3) is 2.62. The van der Waals surface area contributed by atoms with Crippen LogP contribution in [0.4, 0.5) is 0 Å². The van der Waals surface area contributed by atoms with Gasteiger partial charge in [-0.3, -0.25) is 4.79 Å². The molecule has 0 spiro atoms. The van der Waals surface area contributed by atoms with E-state index in [1.165, 1.54) is 0 Å². The molecule has 0 N–H and O–H groups in total. The summed E-state index contributed by atoms with van der Waals surface area (Å²) in [5, 5.41) is 0. The molecule has 4 rings (SSSR count). The highest BCUT2D eigenvalue weighted by Crippen LogP contribution is 2.34. The molecule has 7 nitrogen and oxygen atoms in total. The molecule has 1 fully saturated rings. The van der Waals surface area contributed by atoms with Gasteiger partial charge in [0.15, 0.2) is 0 Å². The molecule has 2 aromatic rings. The Morgan fingerprint density at radius 1 is 1.42 bits per heavy atom. The normalized spacial score (nSPS) is 24.0. The minimum absolute atomic E-state index is 0.152. The SMILES string of the molecule is CCn1ccnc1[C@@H]1OCCC[C@H]1C(=O)N1CCn2cncc2C1. The van der Waals surface area contributed by atoms with Crippen LogP contribution in [0.3, 0.4) is 0 Å². The van der Waals surface area contributed by atoms with Crippen LogP contribution in [-0.4, -0.2) is 43.1 Å². The third-order valence-electron chi connectivity index (χ3n) is 5.06. The van der Waals surface area contributed by atoms with Crippen molar-refractivity contribution in [3.05, 3.63) is 36.4 Å². The second kappa shape index (κ2) is 6.39. The molecule has 24 heavy (non-hydrogen) atoms. The molecule has 2 aliphatic heterocycles. The number of hydrogen-bond acceptors (Lipinski definition) is 4. The Morgan fingerprint density at radius 2 is 2.33 bits per heavy atom. The van der Waals surface area contributed by atoms with Crippen molar-refractivity contribution < 1.29 is 9.53 Å². The van der Waals surface area contributed by atoms with Crippen LogP contribution in [0.25, 0.3) is 0 Å². The van der Waals surface area contributed by atoms with E-state index in [-0.39, 0.29) is 17.9 Å². The van der Waals surface area contributed by atoms with E-state index in [1.807, 2.05) is 23.6 Å². The van der Waals surface area contributed by atoms with Crippen LogP contribution in [0.15, 0.2) is 24.9 Å². The summed E-state index contributed by atoms with van der Waals surface area (Å²) in [7, 11) is 0. The Morgan fingerprint density at radius 3 is 3.21 bits per heavy atom. The summed E-state index contributed by atoms with van der Waals surface area (Å²) in [5.41, 5.74) is 1.10. The summed E-state index contributed by atoms with van der Waals surface area (Å²) in [6, 6.07) is 0. The molecule has 0 saturated carbocycles. The lowest BCUT2D eigenvalue weighted by Gasteiger charge is -2.36. The highest BCUT2D eigenvalue weighted by Gasteiger charge is 2.38. The van der Waals surface area contributed by atoms with Gasteiger partial charge in [-0.1, -0.05) is 0 Å². The average Bonchev–Trinajstić information content (AvgIpc) is 3.29. The average molecular weight is 329 g/mol. The van der Waals surface area contributed by atoms with Gasteiger partial charge in [-0.15, -0.1) is 0 Å². The van der Waals surface area contributed by atoms with E-state index >= 15 is 0 Å². The number of aryl methyl sites for hydroxylation is 1. The number of aromatic nitrogens is 4. The molecule has 2 atom stereocenters. The summed E-state index contributed by atoms with van der Waals surface area (Å²) in [5.74, 6) is 0.899. The molecule has 7 heteroatoms. The van der Waals surface area contributed by atoms with E-state index in [2.05, 4.69) is 26.0 Å². The number of hydrogen-bond donors (Lipinski definition) is 0. The van der Waals surface area contributed by atoms with E-state index in [9.17, 15) is 4.79 Å². The lowest BCUT2D eigenvalue weighted by Crippen LogP contribution is -2.44. The standard InChI is InChI=1S/C17H23N5O2/c1-2-20-6-5-19-16(20)15-14(4-3-9-24-15)17(23)21-7-8-22-12-18-10-13(22)11-21/h5-6,10,12,14-15H,2-4,7-9,11H2,1H3/t14-,15-/m1/s1. The number of fused-ring (bicyclic) bond motifs is 1. The van der Waals surface area contributed by atoms with E-state index in [4.69, 9.17) is 4.74 Å². The molecule has 4 heterocycles. The van der Waals surface area contributed by atoms with Crippen molar-refractivity contribution >= 4 is 5.91 Å². The molecule has 0 aliphatic carbocycles. The number of carbonyl (C=O) groups excluding carboxylic acids is 1. The van der Waals surface area contributed by atoms with Crippen molar-refractivity contribution in [1.82, 2.24) is 24.0 Å². The molecule has 128 valence electrons. The molecular weight excluding hydrogens is 306 g/mol. The monoisotopic (exact) mass is 329 g/mol. The van der Waals surface area contributed by atoms with Crippen LogP contribution in [0.5, 0.6) is 0 Å². The van der Waals surface area contributed by atoms with Crippen LogP contribution in [0, 0.1) is 5.92 Å². The largest absolute Gasteiger partial charge is 0.369 e. The molecule has 2 aromatic heterocycles. The van der Waals surface area contributed by atoms with Crippen molar-refractivity contribution in [2.24, 2.45) is 5.92 Å². The lowest BCUT2D eigenvalue weighted by molar-refractivity contribution is -0.147. The fourth-order valence-electron chi connectivity index (χ4n) is 3.74. The third-order valence-corrected chi connectivity index (χ3v) is 5.06. The number of carbonyl (C=O) groups is 1. The molecule has 0 radical (unpaired) electrons. The highest BCUT2D eigenvalue weighted by molar-refractivity contribution is 5.79. The van der Waals surface area contributed by atoms with E-state index in [1.54, 1.807) is 6.20 Å². The maximum Gasteiger partial charge on any atom is 0.229 e. The minimum atomic E-state index is -0.243. The first kappa shape index (κ1) is 15.4. The van der Waals surface area contributed by atoms with Gasteiger partial charge in [0, 0.05) is 44.8 Å². The smallest absolute Gasteiger partial charge is 0.229 e. The van der Waals surface area contributed by atoms with E-state index in [0.717, 1.165) is 44.0 Å². The van der Waals surface area contributed by atoms with E-state index in [0.29, 0.717) is 13.2 Å². The molecule has 0 aromatic carbocycles.